The Morgan fingerprint density at radius 2 is 2.04 bits per heavy atom. The van der Waals surface area contributed by atoms with Gasteiger partial charge in [0.1, 0.15) is 5.65 Å². The molecule has 0 aliphatic carbocycles. The number of pyridine rings is 1. The summed E-state index contributed by atoms with van der Waals surface area (Å²) in [6, 6.07) is 11.6. The van der Waals surface area contributed by atoms with Gasteiger partial charge in [0.2, 0.25) is 0 Å². The maximum atomic E-state index is 6.09. The third-order valence-corrected chi connectivity index (χ3v) is 4.79. The van der Waals surface area contributed by atoms with E-state index in [1.807, 2.05) is 58.9 Å². The molecule has 3 aromatic rings. The summed E-state index contributed by atoms with van der Waals surface area (Å²) in [6.45, 7) is 1.44. The van der Waals surface area contributed by atoms with E-state index >= 15 is 0 Å². The number of nitrogens with zero attached hydrogens (tertiary/aromatic N) is 4. The van der Waals surface area contributed by atoms with Gasteiger partial charge in [-0.25, -0.2) is 4.98 Å². The number of rotatable bonds is 5. The first-order valence-electron chi connectivity index (χ1n) is 8.35. The largest absolute Gasteiger partial charge is 0.356 e. The van der Waals surface area contributed by atoms with Crippen LogP contribution < -0.4 is 5.32 Å². The number of hydrogen-bond acceptors (Lipinski definition) is 2. The highest BCUT2D eigenvalue weighted by Gasteiger charge is 2.08. The molecule has 0 bridgehead atoms. The minimum absolute atomic E-state index is 0. The smallest absolute Gasteiger partial charge is 0.193 e. The minimum Gasteiger partial charge on any atom is -0.356 e. The van der Waals surface area contributed by atoms with Crippen LogP contribution in [0.4, 0.5) is 0 Å². The number of fused-ring (bicyclic) bond motifs is 1. The number of aliphatic imine (C=N–C) groups is 1. The standard InChI is InChI=1S/C19H21Cl2N5.HI/c1-22-19(25(2)12-14-6-7-16(20)17(21)11-14)23-9-8-15-13-26-10-4-3-5-18(26)24-15;/h3-7,10-11,13H,8-9,12H2,1-2H3,(H,22,23);1H. The molecule has 0 aliphatic heterocycles. The van der Waals surface area contributed by atoms with Gasteiger partial charge >= 0.3 is 0 Å². The fraction of sp³-hybridized carbons (Fsp3) is 0.263. The van der Waals surface area contributed by atoms with Crippen molar-refractivity contribution in [1.82, 2.24) is 19.6 Å². The maximum Gasteiger partial charge on any atom is 0.193 e. The molecule has 8 heteroatoms. The summed E-state index contributed by atoms with van der Waals surface area (Å²) in [5.41, 5.74) is 3.08. The molecule has 0 atom stereocenters. The maximum absolute atomic E-state index is 6.09. The monoisotopic (exact) mass is 517 g/mol. The molecule has 0 spiro atoms. The van der Waals surface area contributed by atoms with Crippen LogP contribution in [0.1, 0.15) is 11.3 Å². The van der Waals surface area contributed by atoms with Crippen LogP contribution in [-0.2, 0) is 13.0 Å². The Morgan fingerprint density at radius 3 is 2.74 bits per heavy atom. The van der Waals surface area contributed by atoms with E-state index < -0.39 is 0 Å². The Bertz CT molecular complexity index is 892. The number of nitrogens with one attached hydrogen (secondary N) is 1. The van der Waals surface area contributed by atoms with Crippen molar-refractivity contribution in [3.05, 3.63) is 70.1 Å². The molecule has 0 saturated heterocycles. The van der Waals surface area contributed by atoms with E-state index in [4.69, 9.17) is 23.2 Å². The zero-order valence-corrected chi connectivity index (χ0v) is 19.0. The van der Waals surface area contributed by atoms with Gasteiger partial charge < -0.3 is 14.6 Å². The summed E-state index contributed by atoms with van der Waals surface area (Å²) >= 11 is 12.1. The van der Waals surface area contributed by atoms with E-state index in [9.17, 15) is 0 Å². The molecule has 2 aromatic heterocycles. The molecular formula is C19H22Cl2IN5. The van der Waals surface area contributed by atoms with Gasteiger partial charge in [0.25, 0.3) is 0 Å². The molecule has 27 heavy (non-hydrogen) atoms. The Morgan fingerprint density at radius 1 is 1.22 bits per heavy atom. The van der Waals surface area contributed by atoms with Crippen molar-refractivity contribution in [2.24, 2.45) is 4.99 Å². The SMILES string of the molecule is CN=C(NCCc1cn2ccccc2n1)N(C)Cc1ccc(Cl)c(Cl)c1.I. The highest BCUT2D eigenvalue weighted by atomic mass is 127. The molecule has 0 radical (unpaired) electrons. The molecule has 1 aromatic carbocycles. The van der Waals surface area contributed by atoms with Gasteiger partial charge in [0.15, 0.2) is 5.96 Å². The van der Waals surface area contributed by atoms with Crippen molar-refractivity contribution in [3.63, 3.8) is 0 Å². The van der Waals surface area contributed by atoms with Gasteiger partial charge in [0.05, 0.1) is 15.7 Å². The number of benzene rings is 1. The number of halogens is 3. The lowest BCUT2D eigenvalue weighted by atomic mass is 10.2. The lowest BCUT2D eigenvalue weighted by Crippen LogP contribution is -2.39. The van der Waals surface area contributed by atoms with Crippen molar-refractivity contribution in [3.8, 4) is 0 Å². The second-order valence-corrected chi connectivity index (χ2v) is 6.84. The van der Waals surface area contributed by atoms with E-state index in [0.717, 1.165) is 35.8 Å². The molecule has 0 amide bonds. The van der Waals surface area contributed by atoms with E-state index in [-0.39, 0.29) is 24.0 Å². The Kier molecular flexibility index (Phi) is 8.19. The van der Waals surface area contributed by atoms with Crippen LogP contribution in [0, 0.1) is 0 Å². The molecule has 3 rings (SSSR count). The first-order valence-corrected chi connectivity index (χ1v) is 9.11. The van der Waals surface area contributed by atoms with Crippen molar-refractivity contribution in [2.75, 3.05) is 20.6 Å². The topological polar surface area (TPSA) is 44.9 Å². The van der Waals surface area contributed by atoms with Crippen LogP contribution in [0.25, 0.3) is 5.65 Å². The van der Waals surface area contributed by atoms with Crippen LogP contribution in [0.5, 0.6) is 0 Å². The number of imidazole rings is 1. The van der Waals surface area contributed by atoms with Crippen molar-refractivity contribution in [2.45, 2.75) is 13.0 Å². The molecule has 1 N–H and O–H groups in total. The Balaban J connectivity index is 0.00000261. The summed E-state index contributed by atoms with van der Waals surface area (Å²) in [4.78, 5) is 11.0. The number of hydrogen-bond donors (Lipinski definition) is 1. The zero-order valence-electron chi connectivity index (χ0n) is 15.2. The summed E-state index contributed by atoms with van der Waals surface area (Å²) < 4.78 is 2.03. The number of aromatic nitrogens is 2. The van der Waals surface area contributed by atoms with Gasteiger partial charge in [0, 0.05) is 46.0 Å². The fourth-order valence-corrected chi connectivity index (χ4v) is 3.10. The van der Waals surface area contributed by atoms with E-state index in [1.165, 1.54) is 0 Å². The van der Waals surface area contributed by atoms with Crippen LogP contribution in [0.15, 0.2) is 53.8 Å². The van der Waals surface area contributed by atoms with Crippen molar-refractivity contribution >= 4 is 58.8 Å². The van der Waals surface area contributed by atoms with E-state index in [2.05, 4.69) is 21.5 Å². The van der Waals surface area contributed by atoms with Crippen molar-refractivity contribution < 1.29 is 0 Å². The minimum atomic E-state index is 0. The lowest BCUT2D eigenvalue weighted by Gasteiger charge is -2.22. The molecule has 144 valence electrons. The molecular weight excluding hydrogens is 496 g/mol. The second kappa shape index (κ2) is 10.1. The molecule has 2 heterocycles. The summed E-state index contributed by atoms with van der Waals surface area (Å²) in [6.07, 6.45) is 4.88. The first kappa shape index (κ1) is 21.8. The third-order valence-electron chi connectivity index (χ3n) is 4.06. The highest BCUT2D eigenvalue weighted by molar-refractivity contribution is 14.0. The second-order valence-electron chi connectivity index (χ2n) is 6.03. The molecule has 0 aliphatic rings. The predicted octanol–water partition coefficient (Wildman–Crippen LogP) is 4.51. The van der Waals surface area contributed by atoms with Gasteiger partial charge in [-0.2, -0.15) is 0 Å². The normalized spacial score (nSPS) is 11.3. The predicted molar refractivity (Wildman–Crippen MR) is 124 cm³/mol. The zero-order chi connectivity index (χ0) is 18.5. The first-order chi connectivity index (χ1) is 12.6. The summed E-state index contributed by atoms with van der Waals surface area (Å²) in [7, 11) is 3.77. The fourth-order valence-electron chi connectivity index (χ4n) is 2.78. The molecule has 0 unspecified atom stereocenters. The lowest BCUT2D eigenvalue weighted by molar-refractivity contribution is 0.477. The van der Waals surface area contributed by atoms with E-state index in [1.54, 1.807) is 7.05 Å². The van der Waals surface area contributed by atoms with Crippen LogP contribution in [0.3, 0.4) is 0 Å². The average Bonchev–Trinajstić information content (AvgIpc) is 3.04. The van der Waals surface area contributed by atoms with Gasteiger partial charge in [-0.05, 0) is 29.8 Å². The number of guanidine groups is 1. The Hall–Kier alpha value is -1.51. The summed E-state index contributed by atoms with van der Waals surface area (Å²) in [5, 5.41) is 4.50. The van der Waals surface area contributed by atoms with Crippen molar-refractivity contribution in [1.29, 1.82) is 0 Å². The quantitative estimate of drug-likeness (QED) is 0.307. The summed E-state index contributed by atoms with van der Waals surface area (Å²) in [5.74, 6) is 0.819. The van der Waals surface area contributed by atoms with Gasteiger partial charge in [-0.1, -0.05) is 35.3 Å². The Labute approximate surface area is 186 Å². The van der Waals surface area contributed by atoms with Gasteiger partial charge in [-0.3, -0.25) is 4.99 Å². The third kappa shape index (κ3) is 5.73. The van der Waals surface area contributed by atoms with E-state index in [0.29, 0.717) is 16.6 Å². The highest BCUT2D eigenvalue weighted by Crippen LogP contribution is 2.23. The average molecular weight is 518 g/mol. The van der Waals surface area contributed by atoms with Gasteiger partial charge in [-0.15, -0.1) is 24.0 Å². The van der Waals surface area contributed by atoms with Crippen LogP contribution >= 0.6 is 47.2 Å². The molecule has 0 fully saturated rings. The van der Waals surface area contributed by atoms with Crippen LogP contribution in [0.2, 0.25) is 10.0 Å². The van der Waals surface area contributed by atoms with Crippen LogP contribution in [-0.4, -0.2) is 40.9 Å². The molecule has 5 nitrogen and oxygen atoms in total. The molecule has 0 saturated carbocycles.